The highest BCUT2D eigenvalue weighted by Gasteiger charge is 2.42. The van der Waals surface area contributed by atoms with Gasteiger partial charge in [-0.05, 0) is 31.5 Å². The quantitative estimate of drug-likeness (QED) is 0.643. The first-order valence-electron chi connectivity index (χ1n) is 6.10. The Hall–Kier alpha value is -2.18. The molecule has 0 aliphatic carbocycles. The van der Waals surface area contributed by atoms with E-state index in [2.05, 4.69) is 5.10 Å². The Labute approximate surface area is 118 Å². The number of hydrogen-bond donors (Lipinski definition) is 0. The van der Waals surface area contributed by atoms with Gasteiger partial charge < -0.3 is 0 Å². The fraction of sp³-hybridized carbons (Fsp3) is 0.286. The van der Waals surface area contributed by atoms with Gasteiger partial charge in [-0.25, -0.2) is 4.39 Å². The van der Waals surface area contributed by atoms with Crippen molar-refractivity contribution in [2.45, 2.75) is 26.6 Å². The molecule has 2 aromatic rings. The van der Waals surface area contributed by atoms with Crippen molar-refractivity contribution in [3.63, 3.8) is 0 Å². The molecule has 2 rings (SSSR count). The third kappa shape index (κ3) is 3.12. The Balaban J connectivity index is 2.35. The normalized spacial score (nSPS) is 11.7. The summed E-state index contributed by atoms with van der Waals surface area (Å²) < 4.78 is 51.8. The van der Waals surface area contributed by atoms with Crippen LogP contribution >= 0.6 is 0 Å². The van der Waals surface area contributed by atoms with Crippen LogP contribution in [0.1, 0.15) is 27.3 Å². The summed E-state index contributed by atoms with van der Waals surface area (Å²) in [5.41, 5.74) is 0.411. The molecule has 0 N–H and O–H groups in total. The fourth-order valence-corrected chi connectivity index (χ4v) is 2.08. The highest BCUT2D eigenvalue weighted by molar-refractivity contribution is 6.02. The molecule has 0 aliphatic rings. The summed E-state index contributed by atoms with van der Waals surface area (Å²) >= 11 is 0. The molecule has 0 spiro atoms. The van der Waals surface area contributed by atoms with Crippen LogP contribution in [0.4, 0.5) is 17.6 Å². The summed E-state index contributed by atoms with van der Waals surface area (Å²) in [5, 5.41) is 3.96. The molecule has 1 heterocycles. The molecule has 1 aromatic heterocycles. The zero-order valence-electron chi connectivity index (χ0n) is 11.3. The van der Waals surface area contributed by atoms with Crippen molar-refractivity contribution in [1.82, 2.24) is 9.78 Å². The summed E-state index contributed by atoms with van der Waals surface area (Å²) in [6, 6.07) is 5.53. The van der Waals surface area contributed by atoms with Gasteiger partial charge in [-0.1, -0.05) is 12.1 Å². The van der Waals surface area contributed by atoms with E-state index in [9.17, 15) is 22.4 Å². The van der Waals surface area contributed by atoms with Crippen LogP contribution in [0.25, 0.3) is 0 Å². The fourth-order valence-electron chi connectivity index (χ4n) is 2.08. The Bertz CT molecular complexity index is 672. The maximum absolute atomic E-state index is 12.8. The van der Waals surface area contributed by atoms with E-state index in [4.69, 9.17) is 0 Å². The number of aromatic nitrogens is 2. The molecular weight excluding hydrogens is 288 g/mol. The van der Waals surface area contributed by atoms with Gasteiger partial charge in [0.05, 0.1) is 17.8 Å². The number of ketones is 1. The topological polar surface area (TPSA) is 34.9 Å². The Kier molecular flexibility index (Phi) is 3.85. The summed E-state index contributed by atoms with van der Waals surface area (Å²) in [4.78, 5) is 11.4. The van der Waals surface area contributed by atoms with Crippen LogP contribution in [-0.2, 0) is 6.54 Å². The molecule has 112 valence electrons. The number of carbonyl (C=O) groups is 1. The van der Waals surface area contributed by atoms with E-state index in [1.807, 2.05) is 0 Å². The number of hydrogen-bond acceptors (Lipinski definition) is 2. The third-order valence-corrected chi connectivity index (χ3v) is 3.11. The third-order valence-electron chi connectivity index (χ3n) is 3.11. The summed E-state index contributed by atoms with van der Waals surface area (Å²) in [6.45, 7) is 2.92. The van der Waals surface area contributed by atoms with Gasteiger partial charge in [0.1, 0.15) is 5.82 Å². The summed E-state index contributed by atoms with van der Waals surface area (Å²) in [5.74, 6) is -2.30. The van der Waals surface area contributed by atoms with E-state index in [1.54, 1.807) is 0 Å². The molecule has 21 heavy (non-hydrogen) atoms. The van der Waals surface area contributed by atoms with Gasteiger partial charge in [-0.15, -0.1) is 0 Å². The zero-order valence-corrected chi connectivity index (χ0v) is 11.3. The van der Waals surface area contributed by atoms with E-state index in [0.29, 0.717) is 5.56 Å². The Morgan fingerprint density at radius 3 is 2.29 bits per heavy atom. The van der Waals surface area contributed by atoms with E-state index in [0.717, 1.165) is 0 Å². The lowest BCUT2D eigenvalue weighted by Gasteiger charge is -2.07. The minimum atomic E-state index is -4.93. The van der Waals surface area contributed by atoms with Gasteiger partial charge in [0.2, 0.25) is 0 Å². The summed E-state index contributed by atoms with van der Waals surface area (Å²) in [6.07, 6.45) is -4.93. The molecule has 0 unspecified atom stereocenters. The van der Waals surface area contributed by atoms with Crippen molar-refractivity contribution in [3.8, 4) is 0 Å². The van der Waals surface area contributed by atoms with Gasteiger partial charge in [0.25, 0.3) is 5.78 Å². The lowest BCUT2D eigenvalue weighted by molar-refractivity contribution is -0.0886. The smallest absolute Gasteiger partial charge is 0.284 e. The SMILES string of the molecule is Cc1nn(Cc2ccc(F)cc2)c(C)c1C(=O)C(F)(F)F. The van der Waals surface area contributed by atoms with E-state index in [-0.39, 0.29) is 17.9 Å². The first-order chi connectivity index (χ1) is 9.70. The van der Waals surface area contributed by atoms with Gasteiger partial charge in [0.15, 0.2) is 0 Å². The van der Waals surface area contributed by atoms with Gasteiger partial charge >= 0.3 is 6.18 Å². The molecule has 0 atom stereocenters. The Morgan fingerprint density at radius 1 is 1.19 bits per heavy atom. The largest absolute Gasteiger partial charge is 0.455 e. The van der Waals surface area contributed by atoms with E-state index >= 15 is 0 Å². The van der Waals surface area contributed by atoms with Gasteiger partial charge in [-0.2, -0.15) is 18.3 Å². The minimum Gasteiger partial charge on any atom is -0.284 e. The second-order valence-corrected chi connectivity index (χ2v) is 4.66. The molecule has 0 radical (unpaired) electrons. The Morgan fingerprint density at radius 2 is 1.76 bits per heavy atom. The molecule has 7 heteroatoms. The molecule has 0 amide bonds. The molecule has 3 nitrogen and oxygen atoms in total. The van der Waals surface area contributed by atoms with Crippen LogP contribution in [0, 0.1) is 19.7 Å². The molecule has 1 aromatic carbocycles. The number of carbonyl (C=O) groups excluding carboxylic acids is 1. The molecule has 0 bridgehead atoms. The summed E-state index contributed by atoms with van der Waals surface area (Å²) in [7, 11) is 0. The van der Waals surface area contributed by atoms with Crippen LogP contribution in [0.15, 0.2) is 24.3 Å². The predicted octanol–water partition coefficient (Wildman–Crippen LogP) is 3.43. The van der Waals surface area contributed by atoms with E-state index < -0.39 is 23.3 Å². The monoisotopic (exact) mass is 300 g/mol. The highest BCUT2D eigenvalue weighted by atomic mass is 19.4. The van der Waals surface area contributed by atoms with Crippen molar-refractivity contribution >= 4 is 5.78 Å². The highest BCUT2D eigenvalue weighted by Crippen LogP contribution is 2.25. The average molecular weight is 300 g/mol. The van der Waals surface area contributed by atoms with Gasteiger partial charge in [-0.3, -0.25) is 9.48 Å². The average Bonchev–Trinajstić information content (AvgIpc) is 2.65. The van der Waals surface area contributed by atoms with Crippen LogP contribution in [-0.4, -0.2) is 21.7 Å². The molecular formula is C14H12F4N2O. The molecule has 0 fully saturated rings. The number of nitrogens with zero attached hydrogens (tertiary/aromatic N) is 2. The number of Topliss-reactive ketones (excluding diaryl/α,β-unsaturated/α-hetero) is 1. The number of halogens is 4. The van der Waals surface area contributed by atoms with Crippen molar-refractivity contribution in [2.75, 3.05) is 0 Å². The van der Waals surface area contributed by atoms with Crippen LogP contribution < -0.4 is 0 Å². The van der Waals surface area contributed by atoms with Crippen molar-refractivity contribution in [2.24, 2.45) is 0 Å². The van der Waals surface area contributed by atoms with Gasteiger partial charge in [0, 0.05) is 5.69 Å². The maximum Gasteiger partial charge on any atom is 0.455 e. The van der Waals surface area contributed by atoms with Crippen LogP contribution in [0.5, 0.6) is 0 Å². The van der Waals surface area contributed by atoms with Crippen LogP contribution in [0.3, 0.4) is 0 Å². The molecule has 0 aliphatic heterocycles. The zero-order chi connectivity index (χ0) is 15.8. The maximum atomic E-state index is 12.8. The first kappa shape index (κ1) is 15.2. The lowest BCUT2D eigenvalue weighted by atomic mass is 10.1. The number of rotatable bonds is 3. The molecule has 0 saturated heterocycles. The van der Waals surface area contributed by atoms with Crippen molar-refractivity contribution < 1.29 is 22.4 Å². The number of alkyl halides is 3. The predicted molar refractivity (Wildman–Crippen MR) is 67.6 cm³/mol. The van der Waals surface area contributed by atoms with Crippen molar-refractivity contribution in [1.29, 1.82) is 0 Å². The molecule has 0 saturated carbocycles. The number of aryl methyl sites for hydroxylation is 1. The standard InChI is InChI=1S/C14H12F4N2O/c1-8-12(13(21)14(16,17)18)9(2)20(19-8)7-10-3-5-11(15)6-4-10/h3-6H,7H2,1-2H3. The minimum absolute atomic E-state index is 0.0249. The van der Waals surface area contributed by atoms with Crippen molar-refractivity contribution in [3.05, 3.63) is 52.6 Å². The van der Waals surface area contributed by atoms with E-state index in [1.165, 1.54) is 42.8 Å². The first-order valence-corrected chi connectivity index (χ1v) is 6.10. The second-order valence-electron chi connectivity index (χ2n) is 4.66. The second kappa shape index (κ2) is 5.31. The number of benzene rings is 1. The van der Waals surface area contributed by atoms with Crippen LogP contribution in [0.2, 0.25) is 0 Å². The lowest BCUT2D eigenvalue weighted by Crippen LogP contribution is -2.24.